The summed E-state index contributed by atoms with van der Waals surface area (Å²) < 4.78 is 2.94. The van der Waals surface area contributed by atoms with Crippen LogP contribution in [0.4, 0.5) is 0 Å². The fraction of sp³-hybridized carbons (Fsp3) is 0.333. The molecule has 2 aromatic heterocycles. The average molecular weight is 443 g/mol. The number of benzene rings is 1. The molecule has 1 aromatic carbocycles. The topological polar surface area (TPSA) is 61.1 Å². The predicted molar refractivity (Wildman–Crippen MR) is 112 cm³/mol. The van der Waals surface area contributed by atoms with Crippen molar-refractivity contribution < 1.29 is 9.90 Å². The number of carbonyl (C=O) groups excluding carboxylic acids is 1. The molecular weight excluding hydrogens is 420 g/mol. The molecule has 3 aromatic rings. The molecule has 3 heterocycles. The molecule has 0 bridgehead atoms. The van der Waals surface area contributed by atoms with E-state index in [1.807, 2.05) is 11.8 Å². The molecule has 1 N–H and O–H groups in total. The maximum Gasteiger partial charge on any atom is 0.257 e. The molecule has 4 rings (SSSR count). The summed E-state index contributed by atoms with van der Waals surface area (Å²) in [4.78, 5) is 21.6. The zero-order valence-electron chi connectivity index (χ0n) is 16.0. The molecule has 1 amide bonds. The van der Waals surface area contributed by atoms with E-state index >= 15 is 0 Å². The van der Waals surface area contributed by atoms with Crippen LogP contribution in [0.15, 0.2) is 41.0 Å². The van der Waals surface area contributed by atoms with E-state index in [4.69, 9.17) is 0 Å². The molecule has 1 saturated heterocycles. The lowest BCUT2D eigenvalue weighted by Crippen LogP contribution is -2.48. The summed E-state index contributed by atoms with van der Waals surface area (Å²) in [5.74, 6) is -0.104. The molecule has 7 heteroatoms. The van der Waals surface area contributed by atoms with Crippen LogP contribution in [0.1, 0.15) is 27.3 Å². The number of imidazole rings is 1. The van der Waals surface area contributed by atoms with Crippen molar-refractivity contribution >= 4 is 27.5 Å². The molecule has 146 valence electrons. The molecule has 1 aliphatic rings. The number of aromatic hydroxyl groups is 1. The molecule has 6 nitrogen and oxygen atoms in total. The zero-order chi connectivity index (χ0) is 19.8. The monoisotopic (exact) mass is 442 g/mol. The molecule has 1 aliphatic heterocycles. The molecular formula is C21H23BrN4O2. The lowest BCUT2D eigenvalue weighted by atomic mass is 10.1. The number of piperazine rings is 1. The number of carbonyl (C=O) groups is 1. The van der Waals surface area contributed by atoms with E-state index in [1.165, 1.54) is 11.3 Å². The Labute approximate surface area is 172 Å². The number of aryl methyl sites for hydroxylation is 2. The van der Waals surface area contributed by atoms with Crippen LogP contribution in [0.25, 0.3) is 5.65 Å². The highest BCUT2D eigenvalue weighted by Gasteiger charge is 2.25. The van der Waals surface area contributed by atoms with Crippen LogP contribution >= 0.6 is 15.9 Å². The predicted octanol–water partition coefficient (Wildman–Crippen LogP) is 3.38. The van der Waals surface area contributed by atoms with Gasteiger partial charge in [0.05, 0.1) is 17.0 Å². The van der Waals surface area contributed by atoms with E-state index in [-0.39, 0.29) is 11.7 Å². The first-order chi connectivity index (χ1) is 13.4. The third-order valence-electron chi connectivity index (χ3n) is 5.30. The quantitative estimate of drug-likeness (QED) is 0.675. The van der Waals surface area contributed by atoms with Crippen LogP contribution in [0.3, 0.4) is 0 Å². The van der Waals surface area contributed by atoms with Crippen molar-refractivity contribution in [2.24, 2.45) is 0 Å². The van der Waals surface area contributed by atoms with E-state index in [0.717, 1.165) is 35.4 Å². The Morgan fingerprint density at radius 2 is 1.89 bits per heavy atom. The minimum Gasteiger partial charge on any atom is -0.507 e. The number of phenols is 1. The number of nitrogens with zero attached hydrogens (tertiary/aromatic N) is 4. The third-order valence-corrected chi connectivity index (χ3v) is 5.80. The molecule has 0 unspecified atom stereocenters. The number of amides is 1. The first-order valence-corrected chi connectivity index (χ1v) is 10.2. The number of aromatic nitrogens is 2. The lowest BCUT2D eigenvalue weighted by Gasteiger charge is -2.34. The van der Waals surface area contributed by atoms with Gasteiger partial charge in [0.25, 0.3) is 5.91 Å². The van der Waals surface area contributed by atoms with E-state index in [1.54, 1.807) is 18.2 Å². The van der Waals surface area contributed by atoms with Gasteiger partial charge < -0.3 is 14.4 Å². The van der Waals surface area contributed by atoms with Gasteiger partial charge in [-0.05, 0) is 49.7 Å². The Morgan fingerprint density at radius 3 is 2.64 bits per heavy atom. The van der Waals surface area contributed by atoms with Crippen molar-refractivity contribution in [3.63, 3.8) is 0 Å². The van der Waals surface area contributed by atoms with Crippen molar-refractivity contribution in [1.29, 1.82) is 0 Å². The number of hydrogen-bond acceptors (Lipinski definition) is 4. The highest BCUT2D eigenvalue weighted by atomic mass is 79.9. The standard InChI is InChI=1S/C21H23BrN4O2/c1-14-5-6-26-18(15(2)23-20(26)11-14)13-24-7-9-25(10-8-24)21(28)17-12-16(22)3-4-19(17)27/h3-6,11-12,27H,7-10,13H2,1-2H3. The second-order valence-corrected chi connectivity index (χ2v) is 8.22. The van der Waals surface area contributed by atoms with Gasteiger partial charge >= 0.3 is 0 Å². The average Bonchev–Trinajstić information content (AvgIpc) is 2.98. The van der Waals surface area contributed by atoms with Gasteiger partial charge in [-0.15, -0.1) is 0 Å². The fourth-order valence-corrected chi connectivity index (χ4v) is 4.04. The van der Waals surface area contributed by atoms with Gasteiger partial charge in [-0.3, -0.25) is 9.69 Å². The van der Waals surface area contributed by atoms with Crippen LogP contribution < -0.4 is 0 Å². The number of fused-ring (bicyclic) bond motifs is 1. The number of rotatable bonds is 3. The van der Waals surface area contributed by atoms with Gasteiger partial charge in [0.2, 0.25) is 0 Å². The Morgan fingerprint density at radius 1 is 1.14 bits per heavy atom. The molecule has 1 fully saturated rings. The van der Waals surface area contributed by atoms with Crippen LogP contribution in [-0.2, 0) is 6.54 Å². The number of pyridine rings is 1. The molecule has 0 aliphatic carbocycles. The lowest BCUT2D eigenvalue weighted by molar-refractivity contribution is 0.0623. The highest BCUT2D eigenvalue weighted by Crippen LogP contribution is 2.24. The minimum absolute atomic E-state index is 0.0206. The van der Waals surface area contributed by atoms with Gasteiger partial charge in [-0.1, -0.05) is 15.9 Å². The van der Waals surface area contributed by atoms with Crippen molar-refractivity contribution in [2.45, 2.75) is 20.4 Å². The zero-order valence-corrected chi connectivity index (χ0v) is 17.6. The largest absolute Gasteiger partial charge is 0.507 e. The summed E-state index contributed by atoms with van der Waals surface area (Å²) >= 11 is 3.36. The first kappa shape index (κ1) is 19.0. The number of phenolic OH excluding ortho intramolecular Hbond substituents is 1. The minimum atomic E-state index is -0.125. The number of halogens is 1. The van der Waals surface area contributed by atoms with Crippen molar-refractivity contribution in [1.82, 2.24) is 19.2 Å². The number of hydrogen-bond donors (Lipinski definition) is 1. The Hall–Kier alpha value is -2.38. The van der Waals surface area contributed by atoms with Crippen molar-refractivity contribution in [2.75, 3.05) is 26.2 Å². The molecule has 0 saturated carbocycles. The molecule has 0 spiro atoms. The summed E-state index contributed by atoms with van der Waals surface area (Å²) in [6.45, 7) is 7.79. The van der Waals surface area contributed by atoms with Crippen LogP contribution in [-0.4, -0.2) is 56.4 Å². The van der Waals surface area contributed by atoms with Crippen LogP contribution in [0, 0.1) is 13.8 Å². The van der Waals surface area contributed by atoms with Gasteiger partial charge in [-0.2, -0.15) is 0 Å². The summed E-state index contributed by atoms with van der Waals surface area (Å²) in [7, 11) is 0. The Bertz CT molecular complexity index is 1040. The normalized spacial score (nSPS) is 15.3. The highest BCUT2D eigenvalue weighted by molar-refractivity contribution is 9.10. The molecule has 28 heavy (non-hydrogen) atoms. The summed E-state index contributed by atoms with van der Waals surface area (Å²) in [6, 6.07) is 9.14. The Balaban J connectivity index is 1.44. The van der Waals surface area contributed by atoms with Gasteiger partial charge in [-0.25, -0.2) is 4.98 Å². The maximum absolute atomic E-state index is 12.8. The molecule has 0 radical (unpaired) electrons. The van der Waals surface area contributed by atoms with Crippen molar-refractivity contribution in [3.05, 3.63) is 63.5 Å². The van der Waals surface area contributed by atoms with E-state index in [2.05, 4.69) is 55.5 Å². The summed E-state index contributed by atoms with van der Waals surface area (Å²) in [6.07, 6.45) is 2.08. The maximum atomic E-state index is 12.8. The van der Waals surface area contributed by atoms with Gasteiger partial charge in [0, 0.05) is 43.4 Å². The smallest absolute Gasteiger partial charge is 0.257 e. The third kappa shape index (κ3) is 3.64. The van der Waals surface area contributed by atoms with Crippen LogP contribution in [0.5, 0.6) is 5.75 Å². The SMILES string of the molecule is Cc1ccn2c(CN3CCN(C(=O)c4cc(Br)ccc4O)CC3)c(C)nc2c1. The van der Waals surface area contributed by atoms with E-state index < -0.39 is 0 Å². The second kappa shape index (κ2) is 7.56. The van der Waals surface area contributed by atoms with Crippen molar-refractivity contribution in [3.8, 4) is 5.75 Å². The summed E-state index contributed by atoms with van der Waals surface area (Å²) in [5, 5.41) is 10.0. The van der Waals surface area contributed by atoms with E-state index in [0.29, 0.717) is 18.7 Å². The van der Waals surface area contributed by atoms with Gasteiger partial charge in [0.1, 0.15) is 11.4 Å². The fourth-order valence-electron chi connectivity index (χ4n) is 3.68. The molecule has 0 atom stereocenters. The van der Waals surface area contributed by atoms with Gasteiger partial charge in [0.15, 0.2) is 0 Å². The van der Waals surface area contributed by atoms with E-state index in [9.17, 15) is 9.90 Å². The van der Waals surface area contributed by atoms with Crippen LogP contribution in [0.2, 0.25) is 0 Å². The second-order valence-electron chi connectivity index (χ2n) is 7.31. The first-order valence-electron chi connectivity index (χ1n) is 9.37. The Kier molecular flexibility index (Phi) is 5.12. The summed E-state index contributed by atoms with van der Waals surface area (Å²) in [5.41, 5.74) is 4.76.